The minimum Gasteiger partial charge on any atom is -0.488 e. The van der Waals surface area contributed by atoms with Crippen LogP contribution in [0.5, 0.6) is 5.75 Å². The van der Waals surface area contributed by atoms with Gasteiger partial charge >= 0.3 is 0 Å². The molecule has 0 saturated carbocycles. The van der Waals surface area contributed by atoms with Crippen LogP contribution in [0.3, 0.4) is 0 Å². The summed E-state index contributed by atoms with van der Waals surface area (Å²) in [4.78, 5) is 12.6. The molecule has 3 rings (SSSR count). The minimum absolute atomic E-state index is 0.146. The Hall–Kier alpha value is -2.26. The molecule has 1 amide bonds. The van der Waals surface area contributed by atoms with E-state index in [1.807, 2.05) is 30.3 Å². The van der Waals surface area contributed by atoms with Gasteiger partial charge in [-0.25, -0.2) is 0 Å². The molecule has 0 heterocycles. The Morgan fingerprint density at radius 3 is 2.73 bits per heavy atom. The second-order valence-electron chi connectivity index (χ2n) is 6.53. The molecule has 26 heavy (non-hydrogen) atoms. The maximum Gasteiger partial charge on any atom is 0.255 e. The molecule has 0 fully saturated rings. The first kappa shape index (κ1) is 18.5. The second-order valence-corrected chi connectivity index (χ2v) is 6.97. The SMILES string of the molecule is O=C(NCCC1=CCCCC1)c1cc(Cl)ccc1OCc1ccccc1. The van der Waals surface area contributed by atoms with Crippen molar-refractivity contribution in [2.24, 2.45) is 0 Å². The molecule has 3 nitrogen and oxygen atoms in total. The molecule has 1 aliphatic carbocycles. The van der Waals surface area contributed by atoms with Crippen molar-refractivity contribution >= 4 is 17.5 Å². The largest absolute Gasteiger partial charge is 0.488 e. The van der Waals surface area contributed by atoms with Crippen LogP contribution in [0.1, 0.15) is 48.0 Å². The maximum absolute atomic E-state index is 12.6. The number of hydrogen-bond donors (Lipinski definition) is 1. The van der Waals surface area contributed by atoms with Gasteiger partial charge in [-0.15, -0.1) is 0 Å². The fourth-order valence-corrected chi connectivity index (χ4v) is 3.28. The first-order valence-electron chi connectivity index (χ1n) is 9.15. The van der Waals surface area contributed by atoms with E-state index in [2.05, 4.69) is 11.4 Å². The summed E-state index contributed by atoms with van der Waals surface area (Å²) in [5, 5.41) is 3.52. The lowest BCUT2D eigenvalue weighted by Crippen LogP contribution is -2.25. The predicted octanol–water partition coefficient (Wildman–Crippen LogP) is 5.54. The quantitative estimate of drug-likeness (QED) is 0.651. The van der Waals surface area contributed by atoms with E-state index in [1.165, 1.54) is 18.4 Å². The second kappa shape index (κ2) is 9.44. The van der Waals surface area contributed by atoms with Gasteiger partial charge in [-0.3, -0.25) is 4.79 Å². The molecule has 4 heteroatoms. The van der Waals surface area contributed by atoms with Crippen molar-refractivity contribution in [2.75, 3.05) is 6.54 Å². The minimum atomic E-state index is -0.146. The highest BCUT2D eigenvalue weighted by Crippen LogP contribution is 2.24. The number of allylic oxidation sites excluding steroid dienone is 1. The van der Waals surface area contributed by atoms with Gasteiger partial charge in [-0.1, -0.05) is 53.6 Å². The predicted molar refractivity (Wildman–Crippen MR) is 106 cm³/mol. The van der Waals surface area contributed by atoms with Gasteiger partial charge in [0.2, 0.25) is 0 Å². The van der Waals surface area contributed by atoms with Gasteiger partial charge in [0, 0.05) is 11.6 Å². The van der Waals surface area contributed by atoms with E-state index in [0.717, 1.165) is 24.8 Å². The Morgan fingerprint density at radius 1 is 1.12 bits per heavy atom. The van der Waals surface area contributed by atoms with Crippen LogP contribution < -0.4 is 10.1 Å². The summed E-state index contributed by atoms with van der Waals surface area (Å²) in [6.07, 6.45) is 8.06. The zero-order valence-corrected chi connectivity index (χ0v) is 15.6. The lowest BCUT2D eigenvalue weighted by atomic mass is 9.97. The highest BCUT2D eigenvalue weighted by molar-refractivity contribution is 6.31. The zero-order valence-electron chi connectivity index (χ0n) is 14.8. The van der Waals surface area contributed by atoms with Crippen LogP contribution in [0.4, 0.5) is 0 Å². The Bertz CT molecular complexity index is 771. The molecule has 0 unspecified atom stereocenters. The van der Waals surface area contributed by atoms with E-state index in [0.29, 0.717) is 29.5 Å². The van der Waals surface area contributed by atoms with Gasteiger partial charge < -0.3 is 10.1 Å². The van der Waals surface area contributed by atoms with Crippen molar-refractivity contribution in [3.05, 3.63) is 76.3 Å². The number of halogens is 1. The third-order valence-corrected chi connectivity index (χ3v) is 4.78. The number of benzene rings is 2. The van der Waals surface area contributed by atoms with Crippen LogP contribution in [0.2, 0.25) is 5.02 Å². The average Bonchev–Trinajstić information content (AvgIpc) is 2.68. The summed E-state index contributed by atoms with van der Waals surface area (Å²) >= 11 is 6.09. The molecule has 0 aliphatic heterocycles. The van der Waals surface area contributed by atoms with Gasteiger partial charge in [0.15, 0.2) is 0 Å². The molecule has 0 spiro atoms. The van der Waals surface area contributed by atoms with Crippen molar-refractivity contribution < 1.29 is 9.53 Å². The summed E-state index contributed by atoms with van der Waals surface area (Å²) in [6.45, 7) is 1.05. The summed E-state index contributed by atoms with van der Waals surface area (Å²) in [5.74, 6) is 0.402. The number of nitrogens with one attached hydrogen (secondary N) is 1. The monoisotopic (exact) mass is 369 g/mol. The molecule has 0 saturated heterocycles. The molecule has 1 aliphatic rings. The van der Waals surface area contributed by atoms with E-state index in [9.17, 15) is 4.79 Å². The topological polar surface area (TPSA) is 38.3 Å². The molecule has 0 aromatic heterocycles. The van der Waals surface area contributed by atoms with Crippen LogP contribution in [0.25, 0.3) is 0 Å². The van der Waals surface area contributed by atoms with Gasteiger partial charge in [-0.2, -0.15) is 0 Å². The Kier molecular flexibility index (Phi) is 6.73. The smallest absolute Gasteiger partial charge is 0.255 e. The Balaban J connectivity index is 1.60. The molecule has 0 atom stereocenters. The zero-order chi connectivity index (χ0) is 18.2. The molecule has 0 bridgehead atoms. The molecule has 136 valence electrons. The van der Waals surface area contributed by atoms with Gasteiger partial charge in [0.25, 0.3) is 5.91 Å². The van der Waals surface area contributed by atoms with E-state index in [1.54, 1.807) is 18.2 Å². The number of ether oxygens (including phenoxy) is 1. The molecular weight excluding hydrogens is 346 g/mol. The van der Waals surface area contributed by atoms with Crippen molar-refractivity contribution in [1.82, 2.24) is 5.32 Å². The van der Waals surface area contributed by atoms with Crippen molar-refractivity contribution in [1.29, 1.82) is 0 Å². The lowest BCUT2D eigenvalue weighted by molar-refractivity contribution is 0.0949. The first-order valence-corrected chi connectivity index (χ1v) is 9.52. The number of carbonyl (C=O) groups excluding carboxylic acids is 1. The number of amides is 1. The number of rotatable bonds is 7. The van der Waals surface area contributed by atoms with E-state index < -0.39 is 0 Å². The molecule has 1 N–H and O–H groups in total. The van der Waals surface area contributed by atoms with Crippen LogP contribution in [0, 0.1) is 0 Å². The number of carbonyl (C=O) groups is 1. The van der Waals surface area contributed by atoms with E-state index >= 15 is 0 Å². The third-order valence-electron chi connectivity index (χ3n) is 4.54. The summed E-state index contributed by atoms with van der Waals surface area (Å²) in [6, 6.07) is 15.0. The summed E-state index contributed by atoms with van der Waals surface area (Å²) < 4.78 is 5.86. The molecule has 2 aromatic rings. The standard InChI is InChI=1S/C22H24ClNO2/c23-19-11-12-21(26-16-18-9-5-2-6-10-18)20(15-19)22(25)24-14-13-17-7-3-1-4-8-17/h2,5-7,9-12,15H,1,3-4,8,13-14,16H2,(H,24,25). The Morgan fingerprint density at radius 2 is 1.96 bits per heavy atom. The van der Waals surface area contributed by atoms with Crippen LogP contribution in [-0.2, 0) is 6.61 Å². The molecule has 2 aromatic carbocycles. The average molecular weight is 370 g/mol. The van der Waals surface area contributed by atoms with E-state index in [-0.39, 0.29) is 5.91 Å². The van der Waals surface area contributed by atoms with Crippen molar-refractivity contribution in [2.45, 2.75) is 38.7 Å². The third kappa shape index (κ3) is 5.37. The number of hydrogen-bond acceptors (Lipinski definition) is 2. The highest BCUT2D eigenvalue weighted by atomic mass is 35.5. The highest BCUT2D eigenvalue weighted by Gasteiger charge is 2.14. The van der Waals surface area contributed by atoms with Gasteiger partial charge in [0.05, 0.1) is 5.56 Å². The summed E-state index contributed by atoms with van der Waals surface area (Å²) in [7, 11) is 0. The fourth-order valence-electron chi connectivity index (χ4n) is 3.10. The van der Waals surface area contributed by atoms with Gasteiger partial charge in [0.1, 0.15) is 12.4 Å². The fraction of sp³-hybridized carbons (Fsp3) is 0.318. The van der Waals surface area contributed by atoms with Crippen LogP contribution in [0.15, 0.2) is 60.2 Å². The normalized spacial score (nSPS) is 13.8. The lowest BCUT2D eigenvalue weighted by Gasteiger charge is -2.14. The van der Waals surface area contributed by atoms with Crippen molar-refractivity contribution in [3.63, 3.8) is 0 Å². The summed E-state index contributed by atoms with van der Waals surface area (Å²) in [5.41, 5.74) is 2.98. The Labute approximate surface area is 160 Å². The molecule has 0 radical (unpaired) electrons. The van der Waals surface area contributed by atoms with Crippen molar-refractivity contribution in [3.8, 4) is 5.75 Å². The van der Waals surface area contributed by atoms with Crippen LogP contribution >= 0.6 is 11.6 Å². The van der Waals surface area contributed by atoms with Gasteiger partial charge in [-0.05, 0) is 55.9 Å². The maximum atomic E-state index is 12.6. The van der Waals surface area contributed by atoms with E-state index in [4.69, 9.17) is 16.3 Å². The van der Waals surface area contributed by atoms with Crippen LogP contribution in [-0.4, -0.2) is 12.5 Å². The first-order chi connectivity index (χ1) is 12.7. The molecular formula is C22H24ClNO2.